The van der Waals surface area contributed by atoms with E-state index in [0.29, 0.717) is 11.9 Å². The van der Waals surface area contributed by atoms with E-state index in [-0.39, 0.29) is 0 Å². The Morgan fingerprint density at radius 2 is 2.43 bits per heavy atom. The second-order valence-corrected chi connectivity index (χ2v) is 4.56. The number of alkyl halides is 1. The van der Waals surface area contributed by atoms with Crippen LogP contribution in [0.1, 0.15) is 11.8 Å². The van der Waals surface area contributed by atoms with Crippen LogP contribution in [0.25, 0.3) is 0 Å². The number of thiophene rings is 1. The highest BCUT2D eigenvalue weighted by molar-refractivity contribution is 7.09. The quantitative estimate of drug-likeness (QED) is 0.584. The highest BCUT2D eigenvalue weighted by atomic mass is 35.5. The average molecular weight is 230 g/mol. The lowest BCUT2D eigenvalue weighted by molar-refractivity contribution is 0.584. The maximum Gasteiger partial charge on any atom is 0.0404 e. The zero-order valence-electron chi connectivity index (χ0n) is 8.37. The molecule has 1 heterocycles. The smallest absolute Gasteiger partial charge is 0.0404 e. The van der Waals surface area contributed by atoms with E-state index in [0.717, 1.165) is 13.0 Å². The predicted octanol–water partition coefficient (Wildman–Crippen LogP) is 3.06. The molecule has 1 rings (SSSR count). The molecule has 1 unspecified atom stereocenters. The largest absolute Gasteiger partial charge is 0.310 e. The van der Waals surface area contributed by atoms with E-state index in [1.807, 2.05) is 17.4 Å². The second-order valence-electron chi connectivity index (χ2n) is 3.22. The van der Waals surface area contributed by atoms with Gasteiger partial charge in [-0.15, -0.1) is 22.9 Å². The lowest BCUT2D eigenvalue weighted by Crippen LogP contribution is -2.27. The summed E-state index contributed by atoms with van der Waals surface area (Å²) in [5.41, 5.74) is 0. The standard InChI is InChI=1S/C11H16ClNS/c1-10(13-7-3-2-6-12)9-11-5-4-8-14-11/h2-5,8,10,13H,6-7,9H2,1H3/b3-2+. The number of allylic oxidation sites excluding steroid dienone is 1. The van der Waals surface area contributed by atoms with E-state index >= 15 is 0 Å². The van der Waals surface area contributed by atoms with Gasteiger partial charge in [-0.3, -0.25) is 0 Å². The minimum Gasteiger partial charge on any atom is -0.310 e. The van der Waals surface area contributed by atoms with Crippen molar-refractivity contribution in [3.05, 3.63) is 34.5 Å². The van der Waals surface area contributed by atoms with Crippen molar-refractivity contribution in [2.75, 3.05) is 12.4 Å². The normalized spacial score (nSPS) is 13.6. The molecule has 0 saturated carbocycles. The van der Waals surface area contributed by atoms with E-state index < -0.39 is 0 Å². The van der Waals surface area contributed by atoms with Gasteiger partial charge in [0.05, 0.1) is 0 Å². The fourth-order valence-corrected chi connectivity index (χ4v) is 2.18. The van der Waals surface area contributed by atoms with Crippen LogP contribution in [0.3, 0.4) is 0 Å². The third-order valence-electron chi connectivity index (χ3n) is 1.93. The van der Waals surface area contributed by atoms with Gasteiger partial charge in [0, 0.05) is 23.3 Å². The van der Waals surface area contributed by atoms with Crippen LogP contribution in [-0.4, -0.2) is 18.5 Å². The lowest BCUT2D eigenvalue weighted by Gasteiger charge is -2.10. The Labute approximate surface area is 94.8 Å². The van der Waals surface area contributed by atoms with Gasteiger partial charge >= 0.3 is 0 Å². The number of halogens is 1. The van der Waals surface area contributed by atoms with Gasteiger partial charge in [0.2, 0.25) is 0 Å². The van der Waals surface area contributed by atoms with Crippen molar-refractivity contribution in [2.24, 2.45) is 0 Å². The summed E-state index contributed by atoms with van der Waals surface area (Å²) in [5.74, 6) is 0.598. The van der Waals surface area contributed by atoms with E-state index in [4.69, 9.17) is 11.6 Å². The first-order chi connectivity index (χ1) is 6.83. The predicted molar refractivity (Wildman–Crippen MR) is 65.3 cm³/mol. The van der Waals surface area contributed by atoms with Crippen LogP contribution >= 0.6 is 22.9 Å². The average Bonchev–Trinajstić information content (AvgIpc) is 2.65. The molecule has 0 bridgehead atoms. The molecule has 1 aromatic rings. The molecule has 0 fully saturated rings. The number of rotatable bonds is 6. The summed E-state index contributed by atoms with van der Waals surface area (Å²) < 4.78 is 0. The fourth-order valence-electron chi connectivity index (χ4n) is 1.22. The van der Waals surface area contributed by atoms with Crippen molar-refractivity contribution in [1.29, 1.82) is 0 Å². The molecule has 1 nitrogen and oxygen atoms in total. The third kappa shape index (κ3) is 4.80. The summed E-state index contributed by atoms with van der Waals surface area (Å²) >= 11 is 7.33. The first kappa shape index (κ1) is 11.8. The first-order valence-electron chi connectivity index (χ1n) is 4.79. The van der Waals surface area contributed by atoms with Crippen molar-refractivity contribution in [2.45, 2.75) is 19.4 Å². The van der Waals surface area contributed by atoms with Gasteiger partial charge in [-0.05, 0) is 24.8 Å². The Morgan fingerprint density at radius 1 is 1.57 bits per heavy atom. The summed E-state index contributed by atoms with van der Waals surface area (Å²) in [6, 6.07) is 4.80. The van der Waals surface area contributed by atoms with Crippen LogP contribution in [0.2, 0.25) is 0 Å². The topological polar surface area (TPSA) is 12.0 Å². The highest BCUT2D eigenvalue weighted by Crippen LogP contribution is 2.10. The van der Waals surface area contributed by atoms with Crippen molar-refractivity contribution < 1.29 is 0 Å². The van der Waals surface area contributed by atoms with Crippen LogP contribution in [0, 0.1) is 0 Å². The summed E-state index contributed by atoms with van der Waals surface area (Å²) in [4.78, 5) is 1.44. The molecule has 3 heteroatoms. The minimum atomic E-state index is 0.522. The molecule has 0 spiro atoms. The molecule has 0 aliphatic heterocycles. The molecule has 0 aliphatic carbocycles. The van der Waals surface area contributed by atoms with E-state index in [2.05, 4.69) is 35.8 Å². The monoisotopic (exact) mass is 229 g/mol. The maximum absolute atomic E-state index is 5.52. The minimum absolute atomic E-state index is 0.522. The fraction of sp³-hybridized carbons (Fsp3) is 0.455. The van der Waals surface area contributed by atoms with Gasteiger partial charge < -0.3 is 5.32 Å². The lowest BCUT2D eigenvalue weighted by atomic mass is 10.2. The summed E-state index contributed by atoms with van der Waals surface area (Å²) in [6.45, 7) is 3.10. The molecule has 1 N–H and O–H groups in total. The van der Waals surface area contributed by atoms with Crippen LogP contribution in [0.5, 0.6) is 0 Å². The van der Waals surface area contributed by atoms with Gasteiger partial charge in [0.25, 0.3) is 0 Å². The van der Waals surface area contributed by atoms with Crippen LogP contribution in [0.4, 0.5) is 0 Å². The Balaban J connectivity index is 2.16. The van der Waals surface area contributed by atoms with Crippen molar-refractivity contribution >= 4 is 22.9 Å². The van der Waals surface area contributed by atoms with Crippen molar-refractivity contribution in [1.82, 2.24) is 5.32 Å². The SMILES string of the molecule is CC(Cc1cccs1)NC/C=C/CCl. The highest BCUT2D eigenvalue weighted by Gasteiger charge is 2.01. The molecule has 0 saturated heterocycles. The van der Waals surface area contributed by atoms with Gasteiger partial charge in [-0.25, -0.2) is 0 Å². The van der Waals surface area contributed by atoms with Crippen LogP contribution < -0.4 is 5.32 Å². The van der Waals surface area contributed by atoms with Crippen molar-refractivity contribution in [3.63, 3.8) is 0 Å². The molecule has 0 radical (unpaired) electrons. The maximum atomic E-state index is 5.52. The molecule has 1 aromatic heterocycles. The Hall–Kier alpha value is -0.310. The third-order valence-corrected chi connectivity index (χ3v) is 3.00. The summed E-state index contributed by atoms with van der Waals surface area (Å²) in [5, 5.41) is 5.54. The van der Waals surface area contributed by atoms with Crippen molar-refractivity contribution in [3.8, 4) is 0 Å². The van der Waals surface area contributed by atoms with Crippen LogP contribution in [0.15, 0.2) is 29.7 Å². The van der Waals surface area contributed by atoms with E-state index in [9.17, 15) is 0 Å². The molecule has 1 atom stereocenters. The van der Waals surface area contributed by atoms with Gasteiger partial charge in [0.1, 0.15) is 0 Å². The molecule has 0 aromatic carbocycles. The molecule has 0 aliphatic rings. The summed E-state index contributed by atoms with van der Waals surface area (Å²) in [6.07, 6.45) is 5.14. The van der Waals surface area contributed by atoms with Gasteiger partial charge in [-0.2, -0.15) is 0 Å². The molecular weight excluding hydrogens is 214 g/mol. The summed E-state index contributed by atoms with van der Waals surface area (Å²) in [7, 11) is 0. The first-order valence-corrected chi connectivity index (χ1v) is 6.21. The number of hydrogen-bond acceptors (Lipinski definition) is 2. The number of nitrogens with one attached hydrogen (secondary N) is 1. The van der Waals surface area contributed by atoms with Gasteiger partial charge in [0.15, 0.2) is 0 Å². The molecular formula is C11H16ClNS. The molecule has 14 heavy (non-hydrogen) atoms. The second kappa shape index (κ2) is 7.04. The number of hydrogen-bond donors (Lipinski definition) is 1. The Morgan fingerprint density at radius 3 is 3.07 bits per heavy atom. The Kier molecular flexibility index (Phi) is 5.92. The molecule has 0 amide bonds. The Bertz CT molecular complexity index is 256. The zero-order chi connectivity index (χ0) is 10.2. The van der Waals surface area contributed by atoms with Gasteiger partial charge in [-0.1, -0.05) is 18.2 Å². The zero-order valence-corrected chi connectivity index (χ0v) is 9.94. The van der Waals surface area contributed by atoms with E-state index in [1.165, 1.54) is 4.88 Å². The van der Waals surface area contributed by atoms with Crippen LogP contribution in [-0.2, 0) is 6.42 Å². The molecule has 78 valence electrons. The van der Waals surface area contributed by atoms with E-state index in [1.54, 1.807) is 0 Å².